The maximum absolute atomic E-state index is 12.5. The molecule has 4 nitrogen and oxygen atoms in total. The highest BCUT2D eigenvalue weighted by atomic mass is 16.5. The Kier molecular flexibility index (Phi) is 2.92. The number of ether oxygens (including phenoxy) is 1. The second-order valence-corrected chi connectivity index (χ2v) is 5.20. The first-order chi connectivity index (χ1) is 9.10. The number of nitrogens with two attached hydrogens (primary N) is 1. The van der Waals surface area contributed by atoms with Gasteiger partial charge in [-0.2, -0.15) is 0 Å². The third-order valence-corrected chi connectivity index (χ3v) is 3.80. The van der Waals surface area contributed by atoms with E-state index in [0.717, 1.165) is 16.5 Å². The highest BCUT2D eigenvalue weighted by Gasteiger charge is 2.38. The third-order valence-electron chi connectivity index (χ3n) is 3.80. The molecule has 2 N–H and O–H groups in total. The summed E-state index contributed by atoms with van der Waals surface area (Å²) in [5, 5.41) is 0.944. The summed E-state index contributed by atoms with van der Waals surface area (Å²) in [7, 11) is 0. The standard InChI is InChI=1S/C15H17NO3/c1-10-3-2-4-11-9-12(19-13(10)11)14(17)15(16)5-7-18-8-6-15/h2-4,9H,5-8,16H2,1H3. The molecule has 0 aliphatic carbocycles. The van der Waals surface area contributed by atoms with Crippen molar-refractivity contribution in [3.05, 3.63) is 35.6 Å². The van der Waals surface area contributed by atoms with E-state index in [2.05, 4.69) is 0 Å². The number of benzene rings is 1. The van der Waals surface area contributed by atoms with E-state index in [1.54, 1.807) is 6.07 Å². The largest absolute Gasteiger partial charge is 0.453 e. The maximum atomic E-state index is 12.5. The van der Waals surface area contributed by atoms with E-state index in [9.17, 15) is 4.79 Å². The van der Waals surface area contributed by atoms with Crippen LogP contribution in [0.1, 0.15) is 29.0 Å². The molecule has 0 bridgehead atoms. The number of ketones is 1. The Morgan fingerprint density at radius 2 is 2.05 bits per heavy atom. The van der Waals surface area contributed by atoms with Gasteiger partial charge in [0.25, 0.3) is 0 Å². The van der Waals surface area contributed by atoms with Gasteiger partial charge in [0.15, 0.2) is 5.76 Å². The zero-order valence-corrected chi connectivity index (χ0v) is 10.9. The molecule has 1 aliphatic heterocycles. The van der Waals surface area contributed by atoms with Crippen LogP contribution in [0.4, 0.5) is 0 Å². The molecule has 1 aromatic heterocycles. The molecule has 19 heavy (non-hydrogen) atoms. The second kappa shape index (κ2) is 4.47. The minimum Gasteiger partial charge on any atom is -0.453 e. The van der Waals surface area contributed by atoms with Crippen LogP contribution in [0, 0.1) is 6.92 Å². The molecule has 0 radical (unpaired) electrons. The summed E-state index contributed by atoms with van der Waals surface area (Å²) in [6.45, 7) is 3.02. The van der Waals surface area contributed by atoms with E-state index in [4.69, 9.17) is 14.9 Å². The van der Waals surface area contributed by atoms with E-state index >= 15 is 0 Å². The predicted molar refractivity (Wildman–Crippen MR) is 72.3 cm³/mol. The Balaban J connectivity index is 1.99. The van der Waals surface area contributed by atoms with Crippen LogP contribution in [0.15, 0.2) is 28.7 Å². The van der Waals surface area contributed by atoms with Crippen LogP contribution in [0.2, 0.25) is 0 Å². The fraction of sp³-hybridized carbons (Fsp3) is 0.400. The molecule has 3 rings (SSSR count). The number of rotatable bonds is 2. The van der Waals surface area contributed by atoms with Gasteiger partial charge < -0.3 is 14.9 Å². The van der Waals surface area contributed by atoms with Crippen molar-refractivity contribution in [2.75, 3.05) is 13.2 Å². The van der Waals surface area contributed by atoms with Crippen molar-refractivity contribution < 1.29 is 13.9 Å². The van der Waals surface area contributed by atoms with Crippen LogP contribution in [0.5, 0.6) is 0 Å². The van der Waals surface area contributed by atoms with Crippen LogP contribution < -0.4 is 5.73 Å². The Bertz CT molecular complexity index is 623. The lowest BCUT2D eigenvalue weighted by Gasteiger charge is -2.30. The van der Waals surface area contributed by atoms with Gasteiger partial charge in [0.1, 0.15) is 5.58 Å². The summed E-state index contributed by atoms with van der Waals surface area (Å²) < 4.78 is 11.0. The van der Waals surface area contributed by atoms with Crippen LogP contribution in [0.3, 0.4) is 0 Å². The Morgan fingerprint density at radius 3 is 2.74 bits per heavy atom. The van der Waals surface area contributed by atoms with Crippen molar-refractivity contribution in [1.82, 2.24) is 0 Å². The highest BCUT2D eigenvalue weighted by molar-refractivity contribution is 6.03. The quantitative estimate of drug-likeness (QED) is 0.841. The minimum atomic E-state index is -0.847. The number of hydrogen-bond donors (Lipinski definition) is 1. The van der Waals surface area contributed by atoms with E-state index in [1.165, 1.54) is 0 Å². The molecule has 0 spiro atoms. The first kappa shape index (κ1) is 12.4. The van der Waals surface area contributed by atoms with Crippen molar-refractivity contribution >= 4 is 16.8 Å². The van der Waals surface area contributed by atoms with E-state index in [-0.39, 0.29) is 5.78 Å². The summed E-state index contributed by atoms with van der Waals surface area (Å²) in [6, 6.07) is 7.64. The number of Topliss-reactive ketones (excluding diaryl/α,β-unsaturated/α-hetero) is 1. The van der Waals surface area contributed by atoms with Crippen molar-refractivity contribution in [1.29, 1.82) is 0 Å². The lowest BCUT2D eigenvalue weighted by molar-refractivity contribution is 0.0432. The molecule has 1 aromatic carbocycles. The zero-order valence-electron chi connectivity index (χ0n) is 10.9. The van der Waals surface area contributed by atoms with Crippen molar-refractivity contribution in [3.63, 3.8) is 0 Å². The lowest BCUT2D eigenvalue weighted by Crippen LogP contribution is -2.51. The van der Waals surface area contributed by atoms with Gasteiger partial charge in [0.2, 0.25) is 5.78 Å². The minimum absolute atomic E-state index is 0.119. The molecule has 2 aromatic rings. The zero-order chi connectivity index (χ0) is 13.5. The molecule has 2 heterocycles. The summed E-state index contributed by atoms with van der Waals surface area (Å²) in [4.78, 5) is 12.5. The summed E-state index contributed by atoms with van der Waals surface area (Å²) >= 11 is 0. The Hall–Kier alpha value is -1.65. The highest BCUT2D eigenvalue weighted by Crippen LogP contribution is 2.28. The molecule has 0 amide bonds. The number of carbonyl (C=O) groups is 1. The smallest absolute Gasteiger partial charge is 0.217 e. The molecule has 1 saturated heterocycles. The average Bonchev–Trinajstić information content (AvgIpc) is 2.84. The van der Waals surface area contributed by atoms with Gasteiger partial charge in [0.05, 0.1) is 5.54 Å². The fourth-order valence-electron chi connectivity index (χ4n) is 2.53. The van der Waals surface area contributed by atoms with Gasteiger partial charge in [0, 0.05) is 18.6 Å². The van der Waals surface area contributed by atoms with Gasteiger partial charge in [-0.15, -0.1) is 0 Å². The lowest BCUT2D eigenvalue weighted by atomic mass is 9.85. The number of fused-ring (bicyclic) bond motifs is 1. The van der Waals surface area contributed by atoms with Gasteiger partial charge >= 0.3 is 0 Å². The van der Waals surface area contributed by atoms with Gasteiger partial charge in [-0.1, -0.05) is 18.2 Å². The molecule has 4 heteroatoms. The van der Waals surface area contributed by atoms with E-state index in [1.807, 2.05) is 25.1 Å². The van der Waals surface area contributed by atoms with Crippen LogP contribution >= 0.6 is 0 Å². The monoisotopic (exact) mass is 259 g/mol. The van der Waals surface area contributed by atoms with E-state index in [0.29, 0.717) is 31.8 Å². The maximum Gasteiger partial charge on any atom is 0.217 e. The number of hydrogen-bond acceptors (Lipinski definition) is 4. The van der Waals surface area contributed by atoms with Crippen LogP contribution in [-0.4, -0.2) is 24.5 Å². The molecular weight excluding hydrogens is 242 g/mol. The molecule has 0 saturated carbocycles. The van der Waals surface area contributed by atoms with Gasteiger partial charge in [-0.05, 0) is 31.4 Å². The summed E-state index contributed by atoms with van der Waals surface area (Å²) in [5.74, 6) is 0.236. The second-order valence-electron chi connectivity index (χ2n) is 5.20. The van der Waals surface area contributed by atoms with Gasteiger partial charge in [-0.25, -0.2) is 0 Å². The summed E-state index contributed by atoms with van der Waals surface area (Å²) in [5.41, 5.74) is 7.15. The summed E-state index contributed by atoms with van der Waals surface area (Å²) in [6.07, 6.45) is 1.09. The molecule has 0 atom stereocenters. The number of para-hydroxylation sites is 1. The normalized spacial score (nSPS) is 18.6. The fourth-order valence-corrected chi connectivity index (χ4v) is 2.53. The number of aryl methyl sites for hydroxylation is 1. The Morgan fingerprint density at radius 1 is 1.32 bits per heavy atom. The molecule has 0 unspecified atom stereocenters. The topological polar surface area (TPSA) is 65.5 Å². The first-order valence-corrected chi connectivity index (χ1v) is 6.51. The van der Waals surface area contributed by atoms with Crippen molar-refractivity contribution in [3.8, 4) is 0 Å². The number of furan rings is 1. The van der Waals surface area contributed by atoms with Gasteiger partial charge in [-0.3, -0.25) is 4.79 Å². The van der Waals surface area contributed by atoms with Crippen molar-refractivity contribution in [2.45, 2.75) is 25.3 Å². The average molecular weight is 259 g/mol. The number of carbonyl (C=O) groups excluding carboxylic acids is 1. The molecule has 1 aliphatic rings. The van der Waals surface area contributed by atoms with Crippen LogP contribution in [0.25, 0.3) is 11.0 Å². The first-order valence-electron chi connectivity index (χ1n) is 6.51. The van der Waals surface area contributed by atoms with E-state index < -0.39 is 5.54 Å². The SMILES string of the molecule is Cc1cccc2cc(C(=O)C3(N)CCOCC3)oc12. The third kappa shape index (κ3) is 2.07. The van der Waals surface area contributed by atoms with Crippen molar-refractivity contribution in [2.24, 2.45) is 5.73 Å². The van der Waals surface area contributed by atoms with Crippen LogP contribution in [-0.2, 0) is 4.74 Å². The molecule has 100 valence electrons. The predicted octanol–water partition coefficient (Wildman–Crippen LogP) is 2.43. The molecule has 1 fully saturated rings. The molecular formula is C15H17NO3. The Labute approximate surface area is 111 Å².